The normalized spacial score (nSPS) is 24.3. The monoisotopic (exact) mass is 1630 g/mol. The van der Waals surface area contributed by atoms with E-state index in [1.807, 2.05) is 0 Å². The molecule has 0 saturated carbocycles. The van der Waals surface area contributed by atoms with E-state index in [1.165, 1.54) is 30.3 Å². The number of phenolic OH excluding ortho intramolecular Hbond substituents is 6. The number of amides is 6. The van der Waals surface area contributed by atoms with Crippen molar-refractivity contribution in [1.82, 2.24) is 41.9 Å². The first kappa shape index (κ1) is 82.7. The molecule has 0 aromatic heterocycles. The third-order valence-electron chi connectivity index (χ3n) is 20.1. The summed E-state index contributed by atoms with van der Waals surface area (Å²) in [4.78, 5) is 105. The summed E-state index contributed by atoms with van der Waals surface area (Å²) in [7, 11) is -4.36. The topological polar surface area (TPSA) is 519 Å². The average Bonchev–Trinajstić information content (AvgIpc) is 0.763. The molecule has 1 saturated heterocycles. The molecule has 7 heterocycles. The fourth-order valence-electron chi connectivity index (χ4n) is 14.3. The number of aliphatic hydroxyl groups is 4. The van der Waals surface area contributed by atoms with Crippen LogP contribution in [0.3, 0.4) is 0 Å². The van der Waals surface area contributed by atoms with E-state index >= 15 is 24.0 Å². The van der Waals surface area contributed by atoms with Gasteiger partial charge >= 0.3 is 5.97 Å². The molecule has 17 bridgehead atoms. The molecule has 7 aromatic carbocycles. The standard InChI is InChI=1S/C78H84Cl2N8O25S/c1-3-4-5-6-7-8-9-10-11-12-21-114(107,108)88-63-38-15-18-51(94)55(28-38)109-44-25-40(24-42(91)31-44)61-73(101)85-62-41-29-56(110-53-19-13-36(22-47(53)79)23-49(71(99)83-61)82-75(63)103)67(96)57(30-41)111-54-20-16-39(27-48(54)80)70(113-78-65(81-35(2)90)69(98)68(97)58(34-89)112-78)66-76(104)86-64(77(105)106)46-32-43(92)33-52(95)59(46)45-26-37(14-17-50(45)93)60(72(100)87-66)84-74(62)102/h13-20,22,24-33,49,58,60-66,68-70,74,78,84,88-89,91-98,102H,3-12,21,23,34H2,1-2H3,(H,81,90)(H,82,103)(H,83,99)(H,85,101)(H,86,104)(H,87,100)(H,105,106)/t49-,58-,60-,61+,62-,63-,64-,65-,66-,68-,69-,70-,74?,78+/m1/s1. The van der Waals surface area contributed by atoms with Crippen LogP contribution in [0, 0.1) is 0 Å². The van der Waals surface area contributed by atoms with Crippen LogP contribution in [-0.2, 0) is 59.5 Å². The van der Waals surface area contributed by atoms with Gasteiger partial charge in [0.2, 0.25) is 51.2 Å². The fraction of sp³-hybridized carbons (Fsp3) is 0.372. The number of phenols is 6. The van der Waals surface area contributed by atoms with E-state index in [-0.39, 0.29) is 62.1 Å². The molecule has 0 spiro atoms. The minimum Gasteiger partial charge on any atom is -0.508 e. The number of carbonyl (C=O) groups is 7. The highest BCUT2D eigenvalue weighted by atomic mass is 35.5. The zero-order valence-electron chi connectivity index (χ0n) is 61.0. The number of aliphatic hydroxyl groups excluding tert-OH is 4. The molecule has 7 aliphatic heterocycles. The average molecular weight is 1640 g/mol. The van der Waals surface area contributed by atoms with E-state index in [4.69, 9.17) is 46.9 Å². The van der Waals surface area contributed by atoms with Crippen LogP contribution in [-0.4, -0.2) is 167 Å². The van der Waals surface area contributed by atoms with E-state index in [1.54, 1.807) is 0 Å². The summed E-state index contributed by atoms with van der Waals surface area (Å²) in [6.45, 7) is 2.15. The molecular weight excluding hydrogens is 1550 g/mol. The van der Waals surface area contributed by atoms with Gasteiger partial charge in [0.05, 0.1) is 28.4 Å². The lowest BCUT2D eigenvalue weighted by Gasteiger charge is -2.44. The van der Waals surface area contributed by atoms with Gasteiger partial charge in [-0.05, 0) is 119 Å². The van der Waals surface area contributed by atoms with Gasteiger partial charge in [0, 0.05) is 42.2 Å². The smallest absolute Gasteiger partial charge is 0.330 e. The Labute approximate surface area is 661 Å². The zero-order chi connectivity index (χ0) is 81.7. The second-order valence-electron chi connectivity index (χ2n) is 28.4. The predicted molar refractivity (Wildman–Crippen MR) is 405 cm³/mol. The first-order valence-electron chi connectivity index (χ1n) is 36.6. The van der Waals surface area contributed by atoms with Crippen LogP contribution in [0.15, 0.2) is 115 Å². The summed E-state index contributed by atoms with van der Waals surface area (Å²) < 4.78 is 62.4. The third kappa shape index (κ3) is 18.7. The van der Waals surface area contributed by atoms with Gasteiger partial charge < -0.3 is 112 Å². The minimum absolute atomic E-state index is 0.0887. The van der Waals surface area contributed by atoms with Gasteiger partial charge in [0.25, 0.3) is 0 Å². The van der Waals surface area contributed by atoms with Crippen molar-refractivity contribution in [2.24, 2.45) is 0 Å². The second kappa shape index (κ2) is 35.3. The van der Waals surface area contributed by atoms with Crippen LogP contribution in [0.1, 0.15) is 153 Å². The number of hydrogen-bond donors (Lipinski definition) is 19. The molecule has 114 heavy (non-hydrogen) atoms. The van der Waals surface area contributed by atoms with Gasteiger partial charge in [0.1, 0.15) is 107 Å². The maximum atomic E-state index is 16.1. The van der Waals surface area contributed by atoms with Gasteiger partial charge in [-0.3, -0.25) is 34.1 Å². The van der Waals surface area contributed by atoms with E-state index in [0.29, 0.717) is 6.42 Å². The summed E-state index contributed by atoms with van der Waals surface area (Å²) in [5, 5.41) is 145. The van der Waals surface area contributed by atoms with Gasteiger partial charge in [-0.25, -0.2) is 13.2 Å². The number of aliphatic carboxylic acids is 1. The van der Waals surface area contributed by atoms with Crippen molar-refractivity contribution in [3.63, 3.8) is 0 Å². The fourth-order valence-corrected chi connectivity index (χ4v) is 16.1. The number of fused-ring (bicyclic) bond motifs is 14. The van der Waals surface area contributed by atoms with E-state index < -0.39 is 229 Å². The summed E-state index contributed by atoms with van der Waals surface area (Å²) in [6.07, 6.45) is -3.89. The number of carbonyl (C=O) groups excluding carboxylic acids is 6. The highest BCUT2D eigenvalue weighted by molar-refractivity contribution is 7.89. The summed E-state index contributed by atoms with van der Waals surface area (Å²) >= 11 is 14.2. The van der Waals surface area contributed by atoms with Gasteiger partial charge in [-0.15, -0.1) is 0 Å². The summed E-state index contributed by atoms with van der Waals surface area (Å²) in [5.74, 6) is -16.5. The molecule has 1 fully saturated rings. The number of unbranched alkanes of at least 4 members (excludes halogenated alkanes) is 9. The van der Waals surface area contributed by atoms with Crippen LogP contribution in [0.5, 0.6) is 69.0 Å². The zero-order valence-corrected chi connectivity index (χ0v) is 63.4. The Morgan fingerprint density at radius 2 is 1.19 bits per heavy atom. The number of carboxylic acid groups (broad SMARTS) is 1. The van der Waals surface area contributed by atoms with Gasteiger partial charge in [-0.2, -0.15) is 4.72 Å². The quantitative estimate of drug-likeness (QED) is 0.0401. The summed E-state index contributed by atoms with van der Waals surface area (Å²) in [5.41, 5.74) is -2.77. The molecule has 14 rings (SSSR count). The van der Waals surface area contributed by atoms with Crippen LogP contribution in [0.2, 0.25) is 10.0 Å². The Balaban J connectivity index is 1.02. The number of ether oxygens (including phenoxy) is 5. The number of halogens is 2. The lowest BCUT2D eigenvalue weighted by molar-refractivity contribution is -0.284. The van der Waals surface area contributed by atoms with E-state index in [9.17, 15) is 74.2 Å². The van der Waals surface area contributed by atoms with Crippen molar-refractivity contribution in [1.29, 1.82) is 0 Å². The third-order valence-corrected chi connectivity index (χ3v) is 22.1. The van der Waals surface area contributed by atoms with Gasteiger partial charge in [-0.1, -0.05) is 112 Å². The Morgan fingerprint density at radius 3 is 1.86 bits per heavy atom. The molecule has 36 heteroatoms. The van der Waals surface area contributed by atoms with Crippen LogP contribution in [0.25, 0.3) is 11.1 Å². The Kier molecular flexibility index (Phi) is 25.6. The first-order valence-corrected chi connectivity index (χ1v) is 39.0. The maximum absolute atomic E-state index is 16.1. The molecule has 14 atom stereocenters. The first-order chi connectivity index (χ1) is 54.3. The lowest BCUT2D eigenvalue weighted by atomic mass is 9.89. The van der Waals surface area contributed by atoms with Crippen LogP contribution >= 0.6 is 23.2 Å². The van der Waals surface area contributed by atoms with Crippen molar-refractivity contribution >= 4 is 74.6 Å². The van der Waals surface area contributed by atoms with E-state index in [2.05, 4.69) is 48.9 Å². The predicted octanol–water partition coefficient (Wildman–Crippen LogP) is 6.63. The molecule has 33 nitrogen and oxygen atoms in total. The molecule has 7 aromatic rings. The van der Waals surface area contributed by atoms with Crippen molar-refractivity contribution in [3.8, 4) is 80.1 Å². The van der Waals surface area contributed by atoms with Crippen molar-refractivity contribution < 1.29 is 122 Å². The highest BCUT2D eigenvalue weighted by Gasteiger charge is 2.49. The number of rotatable bonds is 18. The largest absolute Gasteiger partial charge is 0.508 e. The SMILES string of the molecule is CCCCCCCCCCCCS(=O)(=O)N[C@H]1C(=O)N[C@@H]2Cc3ccc(c(Cl)c3)Oc3cc4cc(c3O)Oc3ccc(cc3Cl)[C@@H](O[C@@H]3O[C@H](CO)[C@@H](O)[C@H](O)[C@H]3NC(C)=O)[C@H]3NC(=O)[C@H](NC(O)[C@@H]4NC(=O)[C@@H](NC2=O)c2cc(O)cc(c2)Oc2cc1ccc2O)c1ccc(O)c(c1)-c1c(O)cc(O)cc1[C@H](C(=O)O)NC3=O. The number of sulfonamides is 1. The molecule has 7 aliphatic rings. The molecule has 19 N–H and O–H groups in total. The van der Waals surface area contributed by atoms with Crippen LogP contribution in [0.4, 0.5) is 0 Å². The maximum Gasteiger partial charge on any atom is 0.330 e. The molecular formula is C78H84Cl2N8O25S. The second-order valence-corrected chi connectivity index (χ2v) is 31.1. The van der Waals surface area contributed by atoms with Crippen molar-refractivity contribution in [2.75, 3.05) is 12.4 Å². The Bertz CT molecular complexity index is 4980. The summed E-state index contributed by atoms with van der Waals surface area (Å²) in [6, 6.07) is 4.51. The van der Waals surface area contributed by atoms with Gasteiger partial charge in [0.15, 0.2) is 35.3 Å². The van der Waals surface area contributed by atoms with Crippen LogP contribution < -0.4 is 56.2 Å². The molecule has 606 valence electrons. The number of hydrogen-bond acceptors (Lipinski definition) is 25. The number of nitrogens with one attached hydrogen (secondary N) is 8. The number of benzene rings is 7. The Morgan fingerprint density at radius 1 is 0.570 bits per heavy atom. The van der Waals surface area contributed by atoms with Crippen molar-refractivity contribution in [3.05, 3.63) is 164 Å². The molecule has 0 aliphatic carbocycles. The molecule has 1 unspecified atom stereocenters. The molecule has 6 amide bonds. The Hall–Kier alpha value is -10.8. The molecule has 0 radical (unpaired) electrons. The lowest BCUT2D eigenvalue weighted by Crippen LogP contribution is -2.65. The highest BCUT2D eigenvalue weighted by Crippen LogP contribution is 2.49. The van der Waals surface area contributed by atoms with Crippen molar-refractivity contribution in [2.45, 2.75) is 170 Å². The minimum atomic E-state index is -4.36. The van der Waals surface area contributed by atoms with E-state index in [0.717, 1.165) is 143 Å². The number of aromatic hydroxyl groups is 6. The number of carboxylic acids is 1.